The first-order chi connectivity index (χ1) is 14.8. The quantitative estimate of drug-likeness (QED) is 0.652. The number of anilines is 2. The van der Waals surface area contributed by atoms with Gasteiger partial charge < -0.3 is 14.8 Å². The lowest BCUT2D eigenvalue weighted by molar-refractivity contribution is 0.102. The van der Waals surface area contributed by atoms with Crippen LogP contribution in [0.2, 0.25) is 0 Å². The fraction of sp³-hybridized carbons (Fsp3) is 0.238. The Balaban J connectivity index is 1.62. The molecule has 1 aliphatic rings. The molecule has 1 aliphatic heterocycles. The van der Waals surface area contributed by atoms with Gasteiger partial charge >= 0.3 is 0 Å². The molecular weight excluding hydrogens is 420 g/mol. The molecule has 0 saturated heterocycles. The monoisotopic (exact) mass is 442 g/mol. The van der Waals surface area contributed by atoms with Gasteiger partial charge in [-0.2, -0.15) is 5.10 Å². The SMILES string of the molecule is Cc1ccc(S(=O)(=O)N(C)c2c(C(=O)Nc3ccc4c(c3)OCCO4)cnn2C)cc1. The number of fused-ring (bicyclic) bond motifs is 1. The number of amides is 1. The lowest BCUT2D eigenvalue weighted by Crippen LogP contribution is -2.30. The Morgan fingerprint density at radius 1 is 1.10 bits per heavy atom. The van der Waals surface area contributed by atoms with Gasteiger partial charge in [0.1, 0.15) is 18.8 Å². The average Bonchev–Trinajstić information content (AvgIpc) is 3.14. The lowest BCUT2D eigenvalue weighted by atomic mass is 10.2. The zero-order chi connectivity index (χ0) is 22.2. The normalized spacial score (nSPS) is 13.0. The summed E-state index contributed by atoms with van der Waals surface area (Å²) in [5, 5.41) is 6.86. The molecule has 2 heterocycles. The van der Waals surface area contributed by atoms with Gasteiger partial charge in [-0.1, -0.05) is 17.7 Å². The highest BCUT2D eigenvalue weighted by Gasteiger charge is 2.28. The van der Waals surface area contributed by atoms with Crippen LogP contribution in [-0.2, 0) is 17.1 Å². The van der Waals surface area contributed by atoms with Crippen molar-refractivity contribution < 1.29 is 22.7 Å². The molecule has 1 N–H and O–H groups in total. The Hall–Kier alpha value is -3.53. The maximum Gasteiger partial charge on any atom is 0.265 e. The van der Waals surface area contributed by atoms with E-state index in [9.17, 15) is 13.2 Å². The summed E-state index contributed by atoms with van der Waals surface area (Å²) in [7, 11) is -0.910. The number of hydrogen-bond acceptors (Lipinski definition) is 6. The molecule has 9 nitrogen and oxygen atoms in total. The summed E-state index contributed by atoms with van der Waals surface area (Å²) in [6, 6.07) is 11.6. The Morgan fingerprint density at radius 3 is 2.48 bits per heavy atom. The number of rotatable bonds is 5. The summed E-state index contributed by atoms with van der Waals surface area (Å²) in [5.74, 6) is 0.797. The molecule has 0 bridgehead atoms. The van der Waals surface area contributed by atoms with Gasteiger partial charge in [-0.25, -0.2) is 8.42 Å². The van der Waals surface area contributed by atoms with E-state index in [1.165, 1.54) is 30.1 Å². The van der Waals surface area contributed by atoms with Gasteiger partial charge in [-0.05, 0) is 31.2 Å². The molecule has 0 saturated carbocycles. The molecule has 1 aromatic heterocycles. The van der Waals surface area contributed by atoms with Crippen LogP contribution in [0.5, 0.6) is 11.5 Å². The number of aromatic nitrogens is 2. The first-order valence-electron chi connectivity index (χ1n) is 9.56. The molecule has 1 amide bonds. The maximum atomic E-state index is 13.1. The molecule has 162 valence electrons. The van der Waals surface area contributed by atoms with E-state index >= 15 is 0 Å². The number of hydrogen-bond donors (Lipinski definition) is 1. The Labute approximate surface area is 180 Å². The van der Waals surface area contributed by atoms with E-state index in [-0.39, 0.29) is 16.3 Å². The van der Waals surface area contributed by atoms with E-state index in [0.29, 0.717) is 30.4 Å². The van der Waals surface area contributed by atoms with Crippen LogP contribution in [0.3, 0.4) is 0 Å². The second-order valence-corrected chi connectivity index (χ2v) is 9.07. The van der Waals surface area contributed by atoms with Gasteiger partial charge in [0.05, 0.1) is 11.1 Å². The largest absolute Gasteiger partial charge is 0.486 e. The molecule has 4 rings (SSSR count). The highest BCUT2D eigenvalue weighted by atomic mass is 32.2. The number of ether oxygens (including phenoxy) is 2. The zero-order valence-corrected chi connectivity index (χ0v) is 18.1. The molecule has 0 radical (unpaired) electrons. The minimum atomic E-state index is -3.89. The standard InChI is InChI=1S/C21H22N4O5S/c1-14-4-7-16(8-5-14)31(27,28)25(3)21-17(13-22-24(21)2)20(26)23-15-6-9-18-19(12-15)30-11-10-29-18/h4-9,12-13H,10-11H2,1-3H3,(H,23,26). The van der Waals surface area contributed by atoms with Crippen molar-refractivity contribution in [2.45, 2.75) is 11.8 Å². The van der Waals surface area contributed by atoms with E-state index in [2.05, 4.69) is 10.4 Å². The summed E-state index contributed by atoms with van der Waals surface area (Å²) < 4.78 is 39.7. The third-order valence-electron chi connectivity index (χ3n) is 4.93. The molecule has 31 heavy (non-hydrogen) atoms. The highest BCUT2D eigenvalue weighted by Crippen LogP contribution is 2.33. The lowest BCUT2D eigenvalue weighted by Gasteiger charge is -2.21. The van der Waals surface area contributed by atoms with Gasteiger partial charge in [0.2, 0.25) is 0 Å². The second-order valence-electron chi connectivity index (χ2n) is 7.10. The van der Waals surface area contributed by atoms with E-state index < -0.39 is 15.9 Å². The van der Waals surface area contributed by atoms with Crippen molar-refractivity contribution >= 4 is 27.4 Å². The molecular formula is C21H22N4O5S. The summed E-state index contributed by atoms with van der Waals surface area (Å²) in [6.07, 6.45) is 1.34. The van der Waals surface area contributed by atoms with Gasteiger partial charge in [0.15, 0.2) is 17.3 Å². The topological polar surface area (TPSA) is 103 Å². The van der Waals surface area contributed by atoms with Gasteiger partial charge in [0, 0.05) is 25.8 Å². The van der Waals surface area contributed by atoms with Crippen molar-refractivity contribution in [3.63, 3.8) is 0 Å². The van der Waals surface area contributed by atoms with Crippen LogP contribution in [0, 0.1) is 6.92 Å². The number of carbonyl (C=O) groups is 1. The van der Waals surface area contributed by atoms with Crippen molar-refractivity contribution in [3.05, 3.63) is 59.8 Å². The Morgan fingerprint density at radius 2 is 1.77 bits per heavy atom. The summed E-state index contributed by atoms with van der Waals surface area (Å²) in [4.78, 5) is 13.1. The molecule has 2 aromatic carbocycles. The van der Waals surface area contributed by atoms with E-state index in [1.54, 1.807) is 37.4 Å². The number of aryl methyl sites for hydroxylation is 2. The number of benzene rings is 2. The maximum absolute atomic E-state index is 13.1. The van der Waals surface area contributed by atoms with Crippen LogP contribution >= 0.6 is 0 Å². The van der Waals surface area contributed by atoms with Crippen molar-refractivity contribution in [3.8, 4) is 11.5 Å². The van der Waals surface area contributed by atoms with Gasteiger partial charge in [-0.3, -0.25) is 13.8 Å². The van der Waals surface area contributed by atoms with Crippen LogP contribution in [0.25, 0.3) is 0 Å². The molecule has 0 atom stereocenters. The minimum absolute atomic E-state index is 0.121. The van der Waals surface area contributed by atoms with Crippen molar-refractivity contribution in [1.82, 2.24) is 9.78 Å². The number of carbonyl (C=O) groups excluding carboxylic acids is 1. The fourth-order valence-electron chi connectivity index (χ4n) is 3.27. The summed E-state index contributed by atoms with van der Waals surface area (Å²) >= 11 is 0. The fourth-order valence-corrected chi connectivity index (χ4v) is 4.51. The predicted molar refractivity (Wildman–Crippen MR) is 115 cm³/mol. The van der Waals surface area contributed by atoms with Gasteiger partial charge in [0.25, 0.3) is 15.9 Å². The first kappa shape index (κ1) is 20.7. The molecule has 10 heteroatoms. The summed E-state index contributed by atoms with van der Waals surface area (Å²) in [5.41, 5.74) is 1.56. The molecule has 0 fully saturated rings. The molecule has 0 unspecified atom stereocenters. The van der Waals surface area contributed by atoms with Gasteiger partial charge in [-0.15, -0.1) is 0 Å². The molecule has 0 spiro atoms. The van der Waals surface area contributed by atoms with Crippen molar-refractivity contribution in [1.29, 1.82) is 0 Å². The third kappa shape index (κ3) is 3.93. The third-order valence-corrected chi connectivity index (χ3v) is 6.69. The zero-order valence-electron chi connectivity index (χ0n) is 17.3. The van der Waals surface area contributed by atoms with Crippen molar-refractivity contribution in [2.75, 3.05) is 29.9 Å². The number of sulfonamides is 1. The van der Waals surface area contributed by atoms with Crippen LogP contribution in [0.15, 0.2) is 53.6 Å². The highest BCUT2D eigenvalue weighted by molar-refractivity contribution is 7.92. The summed E-state index contributed by atoms with van der Waals surface area (Å²) in [6.45, 7) is 2.78. The minimum Gasteiger partial charge on any atom is -0.486 e. The predicted octanol–water partition coefficient (Wildman–Crippen LogP) is 2.58. The van der Waals surface area contributed by atoms with Crippen LogP contribution < -0.4 is 19.1 Å². The molecule has 0 aliphatic carbocycles. The van der Waals surface area contributed by atoms with Crippen LogP contribution in [0.4, 0.5) is 11.5 Å². The van der Waals surface area contributed by atoms with Crippen molar-refractivity contribution in [2.24, 2.45) is 7.05 Å². The number of nitrogens with one attached hydrogen (secondary N) is 1. The van der Waals surface area contributed by atoms with Crippen LogP contribution in [0.1, 0.15) is 15.9 Å². The van der Waals surface area contributed by atoms with E-state index in [4.69, 9.17) is 9.47 Å². The van der Waals surface area contributed by atoms with Crippen LogP contribution in [-0.4, -0.2) is 44.4 Å². The Bertz CT molecular complexity index is 1240. The van der Waals surface area contributed by atoms with E-state index in [0.717, 1.165) is 9.87 Å². The second kappa shape index (κ2) is 7.95. The first-order valence-corrected chi connectivity index (χ1v) is 11.0. The smallest absolute Gasteiger partial charge is 0.265 e. The number of nitrogens with zero attached hydrogens (tertiary/aromatic N) is 3. The molecule has 3 aromatic rings. The van der Waals surface area contributed by atoms with E-state index in [1.807, 2.05) is 6.92 Å². The average molecular weight is 442 g/mol. The Kier molecular flexibility index (Phi) is 5.32.